The molecule has 0 aromatic heterocycles. The molecule has 0 radical (unpaired) electrons. The van der Waals surface area contributed by atoms with E-state index in [1.54, 1.807) is 20.8 Å². The zero-order valence-electron chi connectivity index (χ0n) is 15.8. The Morgan fingerprint density at radius 3 is 2.20 bits per heavy atom. The highest BCUT2D eigenvalue weighted by Crippen LogP contribution is 2.12. The van der Waals surface area contributed by atoms with Crippen LogP contribution < -0.4 is 5.32 Å². The first-order valence-electron chi connectivity index (χ1n) is 8.69. The van der Waals surface area contributed by atoms with Crippen LogP contribution in [0.2, 0.25) is 0 Å². The van der Waals surface area contributed by atoms with Gasteiger partial charge in [-0.1, -0.05) is 44.2 Å². The summed E-state index contributed by atoms with van der Waals surface area (Å²) in [7, 11) is 0. The minimum Gasteiger partial charge on any atom is -0.458 e. The summed E-state index contributed by atoms with van der Waals surface area (Å²) in [6, 6.07) is 8.43. The number of carbonyl (C=O) groups excluding carboxylic acids is 3. The fourth-order valence-corrected chi connectivity index (χ4v) is 2.19. The molecule has 0 spiro atoms. The Labute approximate surface area is 150 Å². The van der Waals surface area contributed by atoms with Crippen LogP contribution >= 0.6 is 0 Å². The molecule has 0 saturated heterocycles. The second-order valence-electron chi connectivity index (χ2n) is 7.60. The third kappa shape index (κ3) is 8.47. The van der Waals surface area contributed by atoms with Crippen LogP contribution in [0.3, 0.4) is 0 Å². The number of rotatable bonds is 8. The van der Waals surface area contributed by atoms with Crippen molar-refractivity contribution < 1.29 is 19.1 Å². The van der Waals surface area contributed by atoms with Crippen molar-refractivity contribution in [2.24, 2.45) is 5.92 Å². The molecule has 0 fully saturated rings. The van der Waals surface area contributed by atoms with E-state index in [1.165, 1.54) is 0 Å². The second kappa shape index (κ2) is 9.35. The van der Waals surface area contributed by atoms with Gasteiger partial charge in [0, 0.05) is 12.8 Å². The van der Waals surface area contributed by atoms with Crippen LogP contribution in [0.15, 0.2) is 30.3 Å². The van der Waals surface area contributed by atoms with Crippen molar-refractivity contribution >= 4 is 17.7 Å². The summed E-state index contributed by atoms with van der Waals surface area (Å²) in [5.41, 5.74) is 0.214. The largest absolute Gasteiger partial charge is 0.458 e. The van der Waals surface area contributed by atoms with Gasteiger partial charge in [-0.3, -0.25) is 9.59 Å². The molecular weight excluding hydrogens is 318 g/mol. The fourth-order valence-electron chi connectivity index (χ4n) is 2.19. The van der Waals surface area contributed by atoms with E-state index in [2.05, 4.69) is 5.32 Å². The molecular formula is C20H29NO4. The van der Waals surface area contributed by atoms with Gasteiger partial charge in [-0.25, -0.2) is 4.79 Å². The molecule has 0 bridgehead atoms. The van der Waals surface area contributed by atoms with Crippen molar-refractivity contribution in [3.05, 3.63) is 35.9 Å². The predicted molar refractivity (Wildman–Crippen MR) is 97.0 cm³/mol. The number of ketones is 1. The topological polar surface area (TPSA) is 72.5 Å². The number of esters is 1. The molecule has 1 rings (SSSR count). The van der Waals surface area contributed by atoms with Crippen molar-refractivity contribution in [3.63, 3.8) is 0 Å². The predicted octanol–water partition coefficient (Wildman–Crippen LogP) is 3.06. The maximum atomic E-state index is 12.4. The average molecular weight is 347 g/mol. The number of hydrogen-bond donors (Lipinski definition) is 1. The van der Waals surface area contributed by atoms with Gasteiger partial charge in [0.25, 0.3) is 5.91 Å². The maximum Gasteiger partial charge on any atom is 0.329 e. The number of benzene rings is 1. The maximum absolute atomic E-state index is 12.4. The fraction of sp³-hybridized carbons (Fsp3) is 0.550. The van der Waals surface area contributed by atoms with E-state index in [0.29, 0.717) is 12.3 Å². The zero-order chi connectivity index (χ0) is 19.0. The van der Waals surface area contributed by atoms with Gasteiger partial charge in [-0.15, -0.1) is 0 Å². The van der Waals surface area contributed by atoms with Crippen molar-refractivity contribution in [2.75, 3.05) is 0 Å². The lowest BCUT2D eigenvalue weighted by atomic mass is 10.0. The Morgan fingerprint density at radius 2 is 1.68 bits per heavy atom. The number of amides is 1. The molecule has 1 atom stereocenters. The lowest BCUT2D eigenvalue weighted by molar-refractivity contribution is -0.158. The average Bonchev–Trinajstić information content (AvgIpc) is 2.51. The summed E-state index contributed by atoms with van der Waals surface area (Å²) >= 11 is 0. The summed E-state index contributed by atoms with van der Waals surface area (Å²) in [6.07, 6.45) is 1.09. The van der Waals surface area contributed by atoms with Gasteiger partial charge in [0.1, 0.15) is 11.6 Å². The Balaban J connectivity index is 2.81. The summed E-state index contributed by atoms with van der Waals surface area (Å²) < 4.78 is 5.39. The highest BCUT2D eigenvalue weighted by Gasteiger charge is 2.28. The molecule has 0 heterocycles. The minimum absolute atomic E-state index is 0.176. The summed E-state index contributed by atoms with van der Waals surface area (Å²) in [6.45, 7) is 9.27. The van der Waals surface area contributed by atoms with E-state index >= 15 is 0 Å². The van der Waals surface area contributed by atoms with Crippen molar-refractivity contribution in [2.45, 2.75) is 65.5 Å². The standard InChI is InChI=1S/C20H29NO4/c1-14(2)11-12-17(22)18(23)21-16(19(24)25-20(3,4)5)13-15-9-7-6-8-10-15/h6-10,14,16H,11-13H2,1-5H3,(H,21,23). The van der Waals surface area contributed by atoms with E-state index < -0.39 is 29.3 Å². The number of carbonyl (C=O) groups is 3. The third-order valence-corrected chi connectivity index (χ3v) is 3.48. The number of hydrogen-bond acceptors (Lipinski definition) is 4. The van der Waals surface area contributed by atoms with Gasteiger partial charge in [-0.05, 0) is 38.7 Å². The first kappa shape index (κ1) is 20.9. The molecule has 138 valence electrons. The summed E-state index contributed by atoms with van der Waals surface area (Å²) in [5, 5.41) is 2.55. The lowest BCUT2D eigenvalue weighted by Gasteiger charge is -2.24. The highest BCUT2D eigenvalue weighted by atomic mass is 16.6. The number of nitrogens with one attached hydrogen (secondary N) is 1. The summed E-state index contributed by atoms with van der Waals surface area (Å²) in [5.74, 6) is -1.44. The van der Waals surface area contributed by atoms with Crippen LogP contribution in [-0.2, 0) is 25.5 Å². The quantitative estimate of drug-likeness (QED) is 0.579. The van der Waals surface area contributed by atoms with Crippen LogP contribution in [0.1, 0.15) is 53.0 Å². The van der Waals surface area contributed by atoms with Gasteiger partial charge in [0.2, 0.25) is 5.78 Å². The Hall–Kier alpha value is -2.17. The lowest BCUT2D eigenvalue weighted by Crippen LogP contribution is -2.47. The normalized spacial score (nSPS) is 12.6. The Morgan fingerprint density at radius 1 is 1.08 bits per heavy atom. The van der Waals surface area contributed by atoms with E-state index in [9.17, 15) is 14.4 Å². The molecule has 5 heteroatoms. The molecule has 25 heavy (non-hydrogen) atoms. The van der Waals surface area contributed by atoms with Crippen LogP contribution in [0.5, 0.6) is 0 Å². The van der Waals surface area contributed by atoms with Crippen LogP contribution in [0, 0.1) is 5.92 Å². The van der Waals surface area contributed by atoms with E-state index in [-0.39, 0.29) is 12.8 Å². The smallest absolute Gasteiger partial charge is 0.329 e. The monoisotopic (exact) mass is 347 g/mol. The van der Waals surface area contributed by atoms with Gasteiger partial charge in [0.05, 0.1) is 0 Å². The first-order chi connectivity index (χ1) is 11.6. The van der Waals surface area contributed by atoms with Crippen LogP contribution in [0.25, 0.3) is 0 Å². The third-order valence-electron chi connectivity index (χ3n) is 3.48. The Bertz CT molecular complexity index is 587. The van der Waals surface area contributed by atoms with Crippen molar-refractivity contribution in [1.82, 2.24) is 5.32 Å². The molecule has 5 nitrogen and oxygen atoms in total. The molecule has 1 aromatic carbocycles. The molecule has 0 aliphatic carbocycles. The Kier molecular flexibility index (Phi) is 7.81. The molecule has 1 unspecified atom stereocenters. The molecule has 0 saturated carbocycles. The molecule has 1 aromatic rings. The highest BCUT2D eigenvalue weighted by molar-refractivity contribution is 6.36. The van der Waals surface area contributed by atoms with Crippen molar-refractivity contribution in [1.29, 1.82) is 0 Å². The minimum atomic E-state index is -0.892. The molecule has 0 aliphatic heterocycles. The zero-order valence-corrected chi connectivity index (χ0v) is 15.8. The van der Waals surface area contributed by atoms with E-state index in [0.717, 1.165) is 5.56 Å². The number of Topliss-reactive ketones (excluding diaryl/α,β-unsaturated/α-hetero) is 1. The molecule has 1 N–H and O–H groups in total. The molecule has 0 aliphatic rings. The van der Waals surface area contributed by atoms with E-state index in [4.69, 9.17) is 4.74 Å². The van der Waals surface area contributed by atoms with Gasteiger partial charge in [-0.2, -0.15) is 0 Å². The van der Waals surface area contributed by atoms with Gasteiger partial charge < -0.3 is 10.1 Å². The van der Waals surface area contributed by atoms with Gasteiger partial charge >= 0.3 is 5.97 Å². The van der Waals surface area contributed by atoms with Crippen molar-refractivity contribution in [3.8, 4) is 0 Å². The van der Waals surface area contributed by atoms with Crippen LogP contribution in [-0.4, -0.2) is 29.3 Å². The van der Waals surface area contributed by atoms with Gasteiger partial charge in [0.15, 0.2) is 0 Å². The molecule has 1 amide bonds. The summed E-state index contributed by atoms with van der Waals surface area (Å²) in [4.78, 5) is 36.6. The van der Waals surface area contributed by atoms with E-state index in [1.807, 2.05) is 44.2 Å². The van der Waals surface area contributed by atoms with Crippen LogP contribution in [0.4, 0.5) is 0 Å². The first-order valence-corrected chi connectivity index (χ1v) is 8.69. The SMILES string of the molecule is CC(C)CCC(=O)C(=O)NC(Cc1ccccc1)C(=O)OC(C)(C)C. The second-order valence-corrected chi connectivity index (χ2v) is 7.60. The number of ether oxygens (including phenoxy) is 1.